The van der Waals surface area contributed by atoms with Crippen molar-refractivity contribution in [2.75, 3.05) is 25.6 Å². The summed E-state index contributed by atoms with van der Waals surface area (Å²) in [5, 5.41) is 4.34. The Kier molecular flexibility index (Phi) is 4.34. The predicted molar refractivity (Wildman–Crippen MR) is 63.1 cm³/mol. The molecule has 0 saturated heterocycles. The Morgan fingerprint density at radius 2 is 2.25 bits per heavy atom. The van der Waals surface area contributed by atoms with Gasteiger partial charge in [-0.05, 0) is 13.8 Å². The highest BCUT2D eigenvalue weighted by Gasteiger charge is 2.13. The van der Waals surface area contributed by atoms with Crippen LogP contribution in [0.5, 0.6) is 5.88 Å². The first-order valence-electron chi connectivity index (χ1n) is 5.39. The van der Waals surface area contributed by atoms with Gasteiger partial charge in [0.05, 0.1) is 12.8 Å². The van der Waals surface area contributed by atoms with Gasteiger partial charge < -0.3 is 14.4 Å². The summed E-state index contributed by atoms with van der Waals surface area (Å²) in [6.45, 7) is 4.49. The van der Waals surface area contributed by atoms with Crippen LogP contribution in [0.1, 0.15) is 26.3 Å². The Bertz CT molecular complexity index is 345. The molecule has 0 aliphatic rings. The van der Waals surface area contributed by atoms with Crippen LogP contribution < -0.4 is 9.64 Å². The molecule has 5 heteroatoms. The minimum atomic E-state index is 0.294. The van der Waals surface area contributed by atoms with Crippen molar-refractivity contribution in [1.82, 2.24) is 9.78 Å². The third kappa shape index (κ3) is 2.98. The fraction of sp³-hybridized carbons (Fsp3) is 0.636. The maximum absolute atomic E-state index is 10.2. The van der Waals surface area contributed by atoms with Crippen LogP contribution in [0.3, 0.4) is 0 Å². The molecule has 5 nitrogen and oxygen atoms in total. The lowest BCUT2D eigenvalue weighted by Gasteiger charge is -2.11. The van der Waals surface area contributed by atoms with Gasteiger partial charge in [-0.25, -0.2) is 0 Å². The molecule has 0 radical (unpaired) electrons. The van der Waals surface area contributed by atoms with Crippen LogP contribution in [-0.4, -0.2) is 36.8 Å². The van der Waals surface area contributed by atoms with Gasteiger partial charge >= 0.3 is 0 Å². The van der Waals surface area contributed by atoms with E-state index in [1.807, 2.05) is 29.9 Å². The van der Waals surface area contributed by atoms with Crippen LogP contribution in [-0.2, 0) is 4.79 Å². The van der Waals surface area contributed by atoms with Crippen molar-refractivity contribution in [3.63, 3.8) is 0 Å². The standard InChI is InChI=1S/C11H19N3O2/c1-9(2)14-8-10(13(3)4)11(12-14)16-7-5-6-15/h6,8-9H,5,7H2,1-4H3. The molecule has 1 rings (SSSR count). The van der Waals surface area contributed by atoms with E-state index in [4.69, 9.17) is 4.74 Å². The second-order valence-corrected chi connectivity index (χ2v) is 4.09. The van der Waals surface area contributed by atoms with Gasteiger partial charge in [0.25, 0.3) is 5.88 Å². The number of hydrogen-bond acceptors (Lipinski definition) is 4. The average molecular weight is 225 g/mol. The minimum Gasteiger partial charge on any atom is -0.475 e. The first kappa shape index (κ1) is 12.5. The Hall–Kier alpha value is -1.52. The second-order valence-electron chi connectivity index (χ2n) is 4.09. The van der Waals surface area contributed by atoms with E-state index in [9.17, 15) is 4.79 Å². The van der Waals surface area contributed by atoms with Crippen LogP contribution in [0, 0.1) is 0 Å². The molecular weight excluding hydrogens is 206 g/mol. The SMILES string of the molecule is CC(C)n1cc(N(C)C)c(OCCC=O)n1. The number of aldehydes is 1. The van der Waals surface area contributed by atoms with Crippen molar-refractivity contribution in [2.45, 2.75) is 26.3 Å². The van der Waals surface area contributed by atoms with Gasteiger partial charge in [0, 0.05) is 26.6 Å². The van der Waals surface area contributed by atoms with E-state index in [2.05, 4.69) is 18.9 Å². The molecule has 1 aromatic heterocycles. The molecule has 1 aromatic rings. The summed E-state index contributed by atoms with van der Waals surface area (Å²) < 4.78 is 7.32. The van der Waals surface area contributed by atoms with Crippen molar-refractivity contribution in [3.05, 3.63) is 6.20 Å². The molecule has 0 fully saturated rings. The third-order valence-corrected chi connectivity index (χ3v) is 2.17. The number of carbonyl (C=O) groups excluding carboxylic acids is 1. The van der Waals surface area contributed by atoms with Gasteiger partial charge in [0.1, 0.15) is 12.0 Å². The molecule has 0 saturated carbocycles. The summed E-state index contributed by atoms with van der Waals surface area (Å²) in [5.41, 5.74) is 0.930. The van der Waals surface area contributed by atoms with E-state index < -0.39 is 0 Å². The van der Waals surface area contributed by atoms with Gasteiger partial charge in [-0.3, -0.25) is 4.68 Å². The van der Waals surface area contributed by atoms with Crippen LogP contribution in [0.25, 0.3) is 0 Å². The molecule has 0 amide bonds. The second kappa shape index (κ2) is 5.53. The maximum atomic E-state index is 10.2. The van der Waals surface area contributed by atoms with Crippen molar-refractivity contribution in [1.29, 1.82) is 0 Å². The normalized spacial score (nSPS) is 10.6. The van der Waals surface area contributed by atoms with Gasteiger partial charge in [0.15, 0.2) is 0 Å². The summed E-state index contributed by atoms with van der Waals surface area (Å²) in [4.78, 5) is 12.2. The van der Waals surface area contributed by atoms with E-state index >= 15 is 0 Å². The Labute approximate surface area is 96.0 Å². The molecule has 0 aliphatic heterocycles. The summed E-state index contributed by atoms with van der Waals surface area (Å²) >= 11 is 0. The van der Waals surface area contributed by atoms with E-state index in [0.29, 0.717) is 24.9 Å². The topological polar surface area (TPSA) is 47.4 Å². The third-order valence-electron chi connectivity index (χ3n) is 2.17. The largest absolute Gasteiger partial charge is 0.475 e. The van der Waals surface area contributed by atoms with Gasteiger partial charge in [0.2, 0.25) is 0 Å². The van der Waals surface area contributed by atoms with Gasteiger partial charge in [-0.1, -0.05) is 0 Å². The molecular formula is C11H19N3O2. The number of nitrogens with zero attached hydrogens (tertiary/aromatic N) is 3. The molecule has 0 N–H and O–H groups in total. The molecule has 0 aromatic carbocycles. The smallest absolute Gasteiger partial charge is 0.256 e. The number of hydrogen-bond donors (Lipinski definition) is 0. The number of ether oxygens (including phenoxy) is 1. The summed E-state index contributed by atoms with van der Waals surface area (Å²) in [5.74, 6) is 0.584. The molecule has 0 aliphatic carbocycles. The predicted octanol–water partition coefficient (Wildman–Crippen LogP) is 1.50. The Morgan fingerprint density at radius 3 is 2.75 bits per heavy atom. The quantitative estimate of drug-likeness (QED) is 0.543. The van der Waals surface area contributed by atoms with Crippen molar-refractivity contribution < 1.29 is 9.53 Å². The molecule has 1 heterocycles. The lowest BCUT2D eigenvalue weighted by molar-refractivity contribution is -0.108. The number of anilines is 1. The van der Waals surface area contributed by atoms with Crippen LogP contribution in [0.4, 0.5) is 5.69 Å². The van der Waals surface area contributed by atoms with E-state index in [1.165, 1.54) is 0 Å². The zero-order chi connectivity index (χ0) is 12.1. The number of aromatic nitrogens is 2. The van der Waals surface area contributed by atoms with Crippen LogP contribution in [0.2, 0.25) is 0 Å². The van der Waals surface area contributed by atoms with Gasteiger partial charge in [-0.15, -0.1) is 5.10 Å². The lowest BCUT2D eigenvalue weighted by Crippen LogP contribution is -2.10. The van der Waals surface area contributed by atoms with Crippen LogP contribution in [0.15, 0.2) is 6.20 Å². The number of carbonyl (C=O) groups is 1. The lowest BCUT2D eigenvalue weighted by atomic mass is 10.4. The fourth-order valence-electron chi connectivity index (χ4n) is 1.24. The van der Waals surface area contributed by atoms with E-state index in [-0.39, 0.29) is 0 Å². The van der Waals surface area contributed by atoms with Crippen molar-refractivity contribution in [3.8, 4) is 5.88 Å². The summed E-state index contributed by atoms with van der Waals surface area (Å²) in [6.07, 6.45) is 3.18. The monoisotopic (exact) mass is 225 g/mol. The summed E-state index contributed by atoms with van der Waals surface area (Å²) in [6, 6.07) is 0.294. The molecule has 16 heavy (non-hydrogen) atoms. The highest BCUT2D eigenvalue weighted by atomic mass is 16.5. The molecule has 0 spiro atoms. The minimum absolute atomic E-state index is 0.294. The van der Waals surface area contributed by atoms with E-state index in [0.717, 1.165) is 12.0 Å². The fourth-order valence-corrected chi connectivity index (χ4v) is 1.24. The number of rotatable bonds is 6. The van der Waals surface area contributed by atoms with Crippen LogP contribution >= 0.6 is 0 Å². The average Bonchev–Trinajstić information content (AvgIpc) is 2.62. The van der Waals surface area contributed by atoms with Gasteiger partial charge in [-0.2, -0.15) is 0 Å². The zero-order valence-electron chi connectivity index (χ0n) is 10.3. The van der Waals surface area contributed by atoms with Crippen molar-refractivity contribution in [2.24, 2.45) is 0 Å². The Morgan fingerprint density at radius 1 is 1.56 bits per heavy atom. The maximum Gasteiger partial charge on any atom is 0.256 e. The van der Waals surface area contributed by atoms with E-state index in [1.54, 1.807) is 0 Å². The Balaban J connectivity index is 2.82. The zero-order valence-corrected chi connectivity index (χ0v) is 10.3. The molecule has 0 atom stereocenters. The first-order valence-corrected chi connectivity index (χ1v) is 5.39. The molecule has 0 unspecified atom stereocenters. The molecule has 0 bridgehead atoms. The van der Waals surface area contributed by atoms with Crippen molar-refractivity contribution >= 4 is 12.0 Å². The highest BCUT2D eigenvalue weighted by molar-refractivity contribution is 5.53. The summed E-state index contributed by atoms with van der Waals surface area (Å²) in [7, 11) is 3.88. The first-order chi connectivity index (χ1) is 7.56. The highest BCUT2D eigenvalue weighted by Crippen LogP contribution is 2.26. The molecule has 90 valence electrons.